The van der Waals surface area contributed by atoms with Gasteiger partial charge in [-0.25, -0.2) is 0 Å². The normalized spacial score (nSPS) is 9.85. The van der Waals surface area contributed by atoms with Gasteiger partial charge in [0.05, 0.1) is 11.4 Å². The first kappa shape index (κ1) is 7.73. The van der Waals surface area contributed by atoms with Crippen molar-refractivity contribution < 1.29 is 4.79 Å². The second kappa shape index (κ2) is 3.23. The van der Waals surface area contributed by atoms with Crippen LogP contribution >= 0.6 is 0 Å². The first-order valence-electron chi connectivity index (χ1n) is 3.96. The van der Waals surface area contributed by atoms with E-state index in [1.165, 1.54) is 0 Å². The minimum atomic E-state index is 0.602. The van der Waals surface area contributed by atoms with Crippen molar-refractivity contribution >= 4 is 6.29 Å². The predicted octanol–water partition coefficient (Wildman–Crippen LogP) is 1.89. The van der Waals surface area contributed by atoms with E-state index in [4.69, 9.17) is 0 Å². The minimum absolute atomic E-state index is 0.602. The Labute approximate surface area is 75.4 Å². The molecule has 1 N–H and O–H groups in total. The van der Waals surface area contributed by atoms with E-state index in [-0.39, 0.29) is 0 Å². The van der Waals surface area contributed by atoms with Gasteiger partial charge < -0.3 is 4.98 Å². The lowest BCUT2D eigenvalue weighted by Gasteiger charge is -1.99. The average Bonchev–Trinajstić information content (AvgIpc) is 2.70. The smallest absolute Gasteiger partial charge is 0.152 e. The molecule has 0 bridgehead atoms. The van der Waals surface area contributed by atoms with Crippen LogP contribution in [0.1, 0.15) is 10.4 Å². The second-order valence-corrected chi connectivity index (χ2v) is 2.64. The first-order chi connectivity index (χ1) is 6.42. The first-order valence-corrected chi connectivity index (χ1v) is 3.96. The van der Waals surface area contributed by atoms with Crippen LogP contribution < -0.4 is 0 Å². The Balaban J connectivity index is 2.57. The number of carbonyl (C=O) groups is 1. The van der Waals surface area contributed by atoms with Crippen LogP contribution in [-0.4, -0.2) is 16.3 Å². The molecule has 2 aromatic heterocycles. The number of nitrogens with one attached hydrogen (secondary N) is 1. The lowest BCUT2D eigenvalue weighted by molar-refractivity contribution is 0.112. The van der Waals surface area contributed by atoms with Gasteiger partial charge in [0, 0.05) is 18.0 Å². The summed E-state index contributed by atoms with van der Waals surface area (Å²) in [6, 6.07) is 7.25. The third-order valence-corrected chi connectivity index (χ3v) is 1.82. The standard InChI is InChI=1S/C10H8N2O/c13-7-8-3-1-6-12-10(8)9-4-2-5-11-9/h1-7,11H. The molecular weight excluding hydrogens is 164 g/mol. The molecule has 0 atom stereocenters. The monoisotopic (exact) mass is 172 g/mol. The molecule has 0 aliphatic carbocycles. The molecular formula is C10H8N2O. The highest BCUT2D eigenvalue weighted by atomic mass is 16.1. The predicted molar refractivity (Wildman–Crippen MR) is 49.4 cm³/mol. The summed E-state index contributed by atoms with van der Waals surface area (Å²) in [5, 5.41) is 0. The summed E-state index contributed by atoms with van der Waals surface area (Å²) >= 11 is 0. The third kappa shape index (κ3) is 1.36. The zero-order valence-electron chi connectivity index (χ0n) is 6.90. The summed E-state index contributed by atoms with van der Waals surface area (Å²) in [5.74, 6) is 0. The van der Waals surface area contributed by atoms with Gasteiger partial charge >= 0.3 is 0 Å². The number of carbonyl (C=O) groups excluding carboxylic acids is 1. The van der Waals surface area contributed by atoms with Gasteiger partial charge in [-0.05, 0) is 24.3 Å². The highest BCUT2D eigenvalue weighted by molar-refractivity contribution is 5.84. The number of aromatic nitrogens is 2. The van der Waals surface area contributed by atoms with Crippen LogP contribution in [0.5, 0.6) is 0 Å². The van der Waals surface area contributed by atoms with Gasteiger partial charge in [0.15, 0.2) is 6.29 Å². The number of H-pyrrole nitrogens is 1. The third-order valence-electron chi connectivity index (χ3n) is 1.82. The quantitative estimate of drug-likeness (QED) is 0.703. The van der Waals surface area contributed by atoms with Gasteiger partial charge in [0.1, 0.15) is 0 Å². The highest BCUT2D eigenvalue weighted by Crippen LogP contribution is 2.16. The van der Waals surface area contributed by atoms with Gasteiger partial charge in [-0.3, -0.25) is 9.78 Å². The van der Waals surface area contributed by atoms with Crippen molar-refractivity contribution in [2.24, 2.45) is 0 Å². The molecule has 0 aliphatic heterocycles. The Morgan fingerprint density at radius 3 is 2.92 bits per heavy atom. The topological polar surface area (TPSA) is 45.8 Å². The van der Waals surface area contributed by atoms with Crippen LogP contribution in [0, 0.1) is 0 Å². The van der Waals surface area contributed by atoms with Gasteiger partial charge in [-0.15, -0.1) is 0 Å². The van der Waals surface area contributed by atoms with Gasteiger partial charge in [0.2, 0.25) is 0 Å². The lowest BCUT2D eigenvalue weighted by atomic mass is 10.2. The fraction of sp³-hybridized carbons (Fsp3) is 0. The van der Waals surface area contributed by atoms with Crippen LogP contribution in [0.4, 0.5) is 0 Å². The molecule has 2 rings (SSSR count). The fourth-order valence-corrected chi connectivity index (χ4v) is 1.22. The van der Waals surface area contributed by atoms with E-state index in [0.29, 0.717) is 11.3 Å². The maximum Gasteiger partial charge on any atom is 0.152 e. The summed E-state index contributed by atoms with van der Waals surface area (Å²) in [7, 11) is 0. The van der Waals surface area contributed by atoms with Crippen molar-refractivity contribution in [3.63, 3.8) is 0 Å². The van der Waals surface area contributed by atoms with Gasteiger partial charge in [-0.1, -0.05) is 0 Å². The molecule has 0 aliphatic rings. The summed E-state index contributed by atoms with van der Waals surface area (Å²) in [5.41, 5.74) is 2.16. The number of hydrogen-bond acceptors (Lipinski definition) is 2. The number of pyridine rings is 1. The molecule has 3 heteroatoms. The molecule has 3 nitrogen and oxygen atoms in total. The van der Waals surface area contributed by atoms with Crippen LogP contribution in [-0.2, 0) is 0 Å². The SMILES string of the molecule is O=Cc1cccnc1-c1ccc[nH]1. The van der Waals surface area contributed by atoms with E-state index in [0.717, 1.165) is 12.0 Å². The van der Waals surface area contributed by atoms with Crippen molar-refractivity contribution in [2.45, 2.75) is 0 Å². The lowest BCUT2D eigenvalue weighted by Crippen LogP contribution is -1.90. The largest absolute Gasteiger partial charge is 0.360 e. The molecule has 0 fully saturated rings. The van der Waals surface area contributed by atoms with Crippen LogP contribution in [0.3, 0.4) is 0 Å². The second-order valence-electron chi connectivity index (χ2n) is 2.64. The Morgan fingerprint density at radius 1 is 1.31 bits per heavy atom. The van der Waals surface area contributed by atoms with Crippen molar-refractivity contribution in [2.75, 3.05) is 0 Å². The fourth-order valence-electron chi connectivity index (χ4n) is 1.22. The molecule has 0 saturated heterocycles. The minimum Gasteiger partial charge on any atom is -0.360 e. The van der Waals surface area contributed by atoms with E-state index in [1.807, 2.05) is 12.1 Å². The maximum atomic E-state index is 10.7. The summed E-state index contributed by atoms with van der Waals surface area (Å²) in [6.45, 7) is 0. The van der Waals surface area contributed by atoms with Crippen molar-refractivity contribution in [1.29, 1.82) is 0 Å². The highest BCUT2D eigenvalue weighted by Gasteiger charge is 2.04. The van der Waals surface area contributed by atoms with Crippen LogP contribution in [0.15, 0.2) is 36.7 Å². The van der Waals surface area contributed by atoms with E-state index in [2.05, 4.69) is 9.97 Å². The molecule has 0 radical (unpaired) electrons. The number of aromatic amines is 1. The van der Waals surface area contributed by atoms with Gasteiger partial charge in [0.25, 0.3) is 0 Å². The molecule has 0 spiro atoms. The van der Waals surface area contributed by atoms with Crippen molar-refractivity contribution in [3.8, 4) is 11.4 Å². The number of hydrogen-bond donors (Lipinski definition) is 1. The zero-order valence-corrected chi connectivity index (χ0v) is 6.90. The molecule has 0 amide bonds. The molecule has 13 heavy (non-hydrogen) atoms. The molecule has 0 aromatic carbocycles. The molecule has 64 valence electrons. The Kier molecular flexibility index (Phi) is 1.92. The Morgan fingerprint density at radius 2 is 2.23 bits per heavy atom. The summed E-state index contributed by atoms with van der Waals surface area (Å²) < 4.78 is 0. The molecule has 2 heterocycles. The van der Waals surface area contributed by atoms with Gasteiger partial charge in [-0.2, -0.15) is 0 Å². The molecule has 0 saturated carbocycles. The summed E-state index contributed by atoms with van der Waals surface area (Å²) in [6.07, 6.45) is 4.28. The summed E-state index contributed by atoms with van der Waals surface area (Å²) in [4.78, 5) is 17.8. The van der Waals surface area contributed by atoms with Crippen molar-refractivity contribution in [3.05, 3.63) is 42.2 Å². The number of aldehydes is 1. The van der Waals surface area contributed by atoms with Crippen LogP contribution in [0.25, 0.3) is 11.4 Å². The average molecular weight is 172 g/mol. The number of rotatable bonds is 2. The van der Waals surface area contributed by atoms with E-state index in [9.17, 15) is 4.79 Å². The Bertz CT molecular complexity index is 407. The van der Waals surface area contributed by atoms with E-state index < -0.39 is 0 Å². The Hall–Kier alpha value is -1.90. The van der Waals surface area contributed by atoms with Crippen molar-refractivity contribution in [1.82, 2.24) is 9.97 Å². The van der Waals surface area contributed by atoms with E-state index in [1.54, 1.807) is 24.5 Å². The molecule has 2 aromatic rings. The zero-order chi connectivity index (χ0) is 9.10. The van der Waals surface area contributed by atoms with Crippen LogP contribution in [0.2, 0.25) is 0 Å². The maximum absolute atomic E-state index is 10.7. The number of nitrogens with zero attached hydrogens (tertiary/aromatic N) is 1. The molecule has 0 unspecified atom stereocenters. The van der Waals surface area contributed by atoms with E-state index >= 15 is 0 Å².